The minimum absolute atomic E-state index is 0.176. The van der Waals surface area contributed by atoms with Crippen molar-refractivity contribution in [2.24, 2.45) is 0 Å². The van der Waals surface area contributed by atoms with Gasteiger partial charge in [-0.15, -0.1) is 0 Å². The maximum absolute atomic E-state index is 12.2. The van der Waals surface area contributed by atoms with Crippen molar-refractivity contribution in [2.45, 2.75) is 56.4 Å². The Morgan fingerprint density at radius 3 is 2.50 bits per heavy atom. The van der Waals surface area contributed by atoms with Crippen molar-refractivity contribution in [3.8, 4) is 0 Å². The first-order chi connectivity index (χ1) is 10.7. The van der Waals surface area contributed by atoms with E-state index in [0.29, 0.717) is 12.6 Å². The number of amides is 1. The molecule has 2 fully saturated rings. The van der Waals surface area contributed by atoms with Crippen LogP contribution in [0.15, 0.2) is 30.3 Å². The van der Waals surface area contributed by atoms with Crippen LogP contribution in [-0.4, -0.2) is 37.0 Å². The Hall–Kier alpha value is -1.35. The van der Waals surface area contributed by atoms with Gasteiger partial charge >= 0.3 is 0 Å². The molecule has 0 heterocycles. The van der Waals surface area contributed by atoms with Crippen LogP contribution in [0.4, 0.5) is 0 Å². The molecule has 3 nitrogen and oxygen atoms in total. The normalized spacial score (nSPS) is 20.8. The molecule has 0 radical (unpaired) electrons. The first-order valence-corrected chi connectivity index (χ1v) is 8.72. The average molecular weight is 300 g/mol. The van der Waals surface area contributed by atoms with Crippen LogP contribution in [0.2, 0.25) is 0 Å². The minimum atomic E-state index is 0.176. The van der Waals surface area contributed by atoms with Crippen molar-refractivity contribution in [3.63, 3.8) is 0 Å². The molecule has 120 valence electrons. The number of benzene rings is 1. The van der Waals surface area contributed by atoms with Crippen LogP contribution in [0.5, 0.6) is 0 Å². The topological polar surface area (TPSA) is 32.3 Å². The van der Waals surface area contributed by atoms with Crippen LogP contribution in [-0.2, 0) is 10.2 Å². The summed E-state index contributed by atoms with van der Waals surface area (Å²) >= 11 is 0. The number of hydrogen-bond donors (Lipinski definition) is 1. The summed E-state index contributed by atoms with van der Waals surface area (Å²) in [7, 11) is 2.10. The molecule has 1 amide bonds. The Morgan fingerprint density at radius 1 is 1.18 bits per heavy atom. The predicted molar refractivity (Wildman–Crippen MR) is 89.9 cm³/mol. The van der Waals surface area contributed by atoms with Crippen LogP contribution in [0.3, 0.4) is 0 Å². The third kappa shape index (κ3) is 3.70. The third-order valence-electron chi connectivity index (χ3n) is 5.45. The van der Waals surface area contributed by atoms with Gasteiger partial charge in [0.05, 0.1) is 6.54 Å². The van der Waals surface area contributed by atoms with Crippen molar-refractivity contribution in [2.75, 3.05) is 20.1 Å². The monoisotopic (exact) mass is 300 g/mol. The molecule has 0 bridgehead atoms. The quantitative estimate of drug-likeness (QED) is 0.875. The van der Waals surface area contributed by atoms with Crippen molar-refractivity contribution >= 4 is 5.91 Å². The van der Waals surface area contributed by atoms with Gasteiger partial charge < -0.3 is 5.32 Å². The van der Waals surface area contributed by atoms with Gasteiger partial charge in [0.15, 0.2) is 0 Å². The largest absolute Gasteiger partial charge is 0.354 e. The Kier molecular flexibility index (Phi) is 4.82. The number of nitrogens with zero attached hydrogens (tertiary/aromatic N) is 1. The van der Waals surface area contributed by atoms with E-state index in [1.807, 2.05) is 0 Å². The van der Waals surface area contributed by atoms with Crippen LogP contribution >= 0.6 is 0 Å². The molecule has 1 aromatic carbocycles. The highest BCUT2D eigenvalue weighted by Crippen LogP contribution is 2.47. The molecule has 1 aromatic rings. The molecule has 0 atom stereocenters. The number of nitrogens with one attached hydrogen (secondary N) is 1. The van der Waals surface area contributed by atoms with Gasteiger partial charge in [0, 0.05) is 18.0 Å². The summed E-state index contributed by atoms with van der Waals surface area (Å²) in [5, 5.41) is 3.17. The number of carbonyl (C=O) groups excluding carboxylic acids is 1. The van der Waals surface area contributed by atoms with Gasteiger partial charge in [-0.2, -0.15) is 0 Å². The smallest absolute Gasteiger partial charge is 0.234 e. The maximum atomic E-state index is 12.2. The highest BCUT2D eigenvalue weighted by Gasteiger charge is 2.44. The molecule has 0 aliphatic heterocycles. The summed E-state index contributed by atoms with van der Waals surface area (Å²) in [5.74, 6) is 0.176. The van der Waals surface area contributed by atoms with E-state index in [1.165, 1.54) is 50.5 Å². The molecule has 1 N–H and O–H groups in total. The number of carbonyl (C=O) groups is 1. The number of hydrogen-bond acceptors (Lipinski definition) is 2. The second kappa shape index (κ2) is 6.82. The van der Waals surface area contributed by atoms with E-state index >= 15 is 0 Å². The lowest BCUT2D eigenvalue weighted by atomic mass is 9.94. The lowest BCUT2D eigenvalue weighted by Crippen LogP contribution is -2.43. The van der Waals surface area contributed by atoms with Gasteiger partial charge in [0.25, 0.3) is 0 Å². The molecule has 3 rings (SSSR count). The lowest BCUT2D eigenvalue weighted by Gasteiger charge is -2.30. The molecule has 2 saturated carbocycles. The second-order valence-corrected chi connectivity index (χ2v) is 7.13. The van der Waals surface area contributed by atoms with Crippen molar-refractivity contribution < 1.29 is 4.79 Å². The number of rotatable bonds is 6. The Morgan fingerprint density at radius 2 is 1.86 bits per heavy atom. The van der Waals surface area contributed by atoms with Crippen molar-refractivity contribution in [1.82, 2.24) is 10.2 Å². The van der Waals surface area contributed by atoms with Crippen LogP contribution in [0.1, 0.15) is 50.5 Å². The van der Waals surface area contributed by atoms with Gasteiger partial charge in [-0.1, -0.05) is 49.6 Å². The molecular formula is C19H28N2O. The molecule has 0 aromatic heterocycles. The van der Waals surface area contributed by atoms with Crippen LogP contribution in [0, 0.1) is 0 Å². The minimum Gasteiger partial charge on any atom is -0.354 e. The number of likely N-dealkylation sites (N-methyl/N-ethyl adjacent to an activating group) is 1. The zero-order valence-electron chi connectivity index (χ0n) is 13.7. The molecule has 0 saturated heterocycles. The van der Waals surface area contributed by atoms with Gasteiger partial charge in [-0.25, -0.2) is 0 Å². The first kappa shape index (κ1) is 15.5. The molecule has 2 aliphatic rings. The Balaban J connectivity index is 1.46. The molecule has 0 unspecified atom stereocenters. The van der Waals surface area contributed by atoms with Gasteiger partial charge in [0.2, 0.25) is 5.91 Å². The van der Waals surface area contributed by atoms with E-state index in [2.05, 4.69) is 47.6 Å². The van der Waals surface area contributed by atoms with Gasteiger partial charge in [0.1, 0.15) is 0 Å². The van der Waals surface area contributed by atoms with Crippen LogP contribution in [0.25, 0.3) is 0 Å². The van der Waals surface area contributed by atoms with E-state index in [9.17, 15) is 4.79 Å². The van der Waals surface area contributed by atoms with Crippen LogP contribution < -0.4 is 5.32 Å². The molecule has 0 spiro atoms. The van der Waals surface area contributed by atoms with Crippen molar-refractivity contribution in [3.05, 3.63) is 35.9 Å². The SMILES string of the molecule is CN(CC(=O)NCC1(c2ccccc2)CC1)C1CCCCC1. The Bertz CT molecular complexity index is 489. The van der Waals surface area contributed by atoms with E-state index < -0.39 is 0 Å². The zero-order chi connectivity index (χ0) is 15.4. The zero-order valence-corrected chi connectivity index (χ0v) is 13.7. The first-order valence-electron chi connectivity index (χ1n) is 8.72. The highest BCUT2D eigenvalue weighted by molar-refractivity contribution is 5.78. The summed E-state index contributed by atoms with van der Waals surface area (Å²) in [5.41, 5.74) is 1.58. The van der Waals surface area contributed by atoms with Gasteiger partial charge in [-0.3, -0.25) is 9.69 Å². The molecular weight excluding hydrogens is 272 g/mol. The summed E-state index contributed by atoms with van der Waals surface area (Å²) in [6.45, 7) is 1.32. The fourth-order valence-corrected chi connectivity index (χ4v) is 3.71. The standard InChI is InChI=1S/C19H28N2O/c1-21(17-10-6-3-7-11-17)14-18(22)20-15-19(12-13-19)16-8-4-2-5-9-16/h2,4-5,8-9,17H,3,6-7,10-15H2,1H3,(H,20,22). The summed E-state index contributed by atoms with van der Waals surface area (Å²) in [6, 6.07) is 11.2. The highest BCUT2D eigenvalue weighted by atomic mass is 16.2. The molecule has 3 heteroatoms. The summed E-state index contributed by atoms with van der Waals surface area (Å²) < 4.78 is 0. The van der Waals surface area contributed by atoms with E-state index in [1.54, 1.807) is 0 Å². The Labute approximate surface area is 134 Å². The summed E-state index contributed by atoms with van der Waals surface area (Å²) in [6.07, 6.45) is 8.86. The fraction of sp³-hybridized carbons (Fsp3) is 0.632. The van der Waals surface area contributed by atoms with E-state index in [-0.39, 0.29) is 11.3 Å². The van der Waals surface area contributed by atoms with Crippen molar-refractivity contribution in [1.29, 1.82) is 0 Å². The fourth-order valence-electron chi connectivity index (χ4n) is 3.71. The lowest BCUT2D eigenvalue weighted by molar-refractivity contribution is -0.122. The third-order valence-corrected chi connectivity index (χ3v) is 5.45. The molecule has 2 aliphatic carbocycles. The van der Waals surface area contributed by atoms with Gasteiger partial charge in [-0.05, 0) is 38.3 Å². The van der Waals surface area contributed by atoms with E-state index in [4.69, 9.17) is 0 Å². The predicted octanol–water partition coefficient (Wildman–Crippen LogP) is 3.10. The maximum Gasteiger partial charge on any atom is 0.234 e. The second-order valence-electron chi connectivity index (χ2n) is 7.13. The van der Waals surface area contributed by atoms with E-state index in [0.717, 1.165) is 6.54 Å². The molecule has 22 heavy (non-hydrogen) atoms. The summed E-state index contributed by atoms with van der Waals surface area (Å²) in [4.78, 5) is 14.5. The average Bonchev–Trinajstić information content (AvgIpc) is 3.36.